The molecule has 3 N–H and O–H groups in total. The lowest BCUT2D eigenvalue weighted by Gasteiger charge is -2.13. The van der Waals surface area contributed by atoms with E-state index in [9.17, 15) is 4.79 Å². The van der Waals surface area contributed by atoms with Gasteiger partial charge in [-0.15, -0.1) is 10.2 Å². The number of aromatic nitrogens is 4. The first-order valence-corrected chi connectivity index (χ1v) is 8.42. The summed E-state index contributed by atoms with van der Waals surface area (Å²) >= 11 is 0. The van der Waals surface area contributed by atoms with E-state index in [1.807, 2.05) is 30.4 Å². The summed E-state index contributed by atoms with van der Waals surface area (Å²) in [6, 6.07) is 3.98. The topological polar surface area (TPSA) is 114 Å². The van der Waals surface area contributed by atoms with Crippen molar-refractivity contribution >= 4 is 28.6 Å². The second kappa shape index (κ2) is 7.42. The van der Waals surface area contributed by atoms with Crippen LogP contribution in [0.5, 0.6) is 5.75 Å². The van der Waals surface area contributed by atoms with Crippen LogP contribution in [0, 0.1) is 13.8 Å². The number of nitrogens with one attached hydrogen (secondary N) is 2. The van der Waals surface area contributed by atoms with Gasteiger partial charge in [-0.2, -0.15) is 0 Å². The number of benzene rings is 1. The minimum atomic E-state index is -1.00. The highest BCUT2D eigenvalue weighted by molar-refractivity contribution is 5.88. The van der Waals surface area contributed by atoms with Gasteiger partial charge in [-0.05, 0) is 38.3 Å². The third kappa shape index (κ3) is 3.32. The van der Waals surface area contributed by atoms with E-state index < -0.39 is 6.09 Å². The quantitative estimate of drug-likeness (QED) is 0.556. The van der Waals surface area contributed by atoms with Crippen molar-refractivity contribution in [2.45, 2.75) is 26.7 Å². The number of fused-ring (bicyclic) bond motifs is 3. The highest BCUT2D eigenvalue weighted by Gasteiger charge is 2.16. The standard InChI is InChI=1S/C17H22N6O3/c1-10-6-7-12-13(14(10)26-3)20-15(16-22-21-11(2)23(12)16)18-8-4-5-9-19-17(24)25/h6-7,19H,4-5,8-9H2,1-3H3,(H,18,20)(H,24,25). The second-order valence-corrected chi connectivity index (χ2v) is 6.02. The van der Waals surface area contributed by atoms with Crippen LogP contribution >= 0.6 is 0 Å². The zero-order chi connectivity index (χ0) is 18.7. The van der Waals surface area contributed by atoms with Crippen LogP contribution in [0.1, 0.15) is 24.2 Å². The number of carboxylic acid groups (broad SMARTS) is 1. The van der Waals surface area contributed by atoms with Crippen molar-refractivity contribution in [1.82, 2.24) is 24.9 Å². The van der Waals surface area contributed by atoms with Gasteiger partial charge in [0.1, 0.15) is 17.1 Å². The number of methoxy groups -OCH3 is 1. The molecule has 26 heavy (non-hydrogen) atoms. The summed E-state index contributed by atoms with van der Waals surface area (Å²) in [6.45, 7) is 4.95. The van der Waals surface area contributed by atoms with Crippen LogP contribution in [0.25, 0.3) is 16.7 Å². The Hall–Kier alpha value is -3.10. The van der Waals surface area contributed by atoms with Crippen LogP contribution in [-0.2, 0) is 0 Å². The number of anilines is 1. The Morgan fingerprint density at radius 2 is 2.00 bits per heavy atom. The number of rotatable bonds is 7. The summed E-state index contributed by atoms with van der Waals surface area (Å²) in [5.74, 6) is 2.13. The molecule has 3 aromatic rings. The Morgan fingerprint density at radius 1 is 1.23 bits per heavy atom. The van der Waals surface area contributed by atoms with Gasteiger partial charge in [-0.3, -0.25) is 4.40 Å². The molecule has 0 unspecified atom stereocenters. The number of amides is 1. The molecule has 9 heteroatoms. The molecular formula is C17H22N6O3. The summed E-state index contributed by atoms with van der Waals surface area (Å²) < 4.78 is 7.51. The minimum Gasteiger partial charge on any atom is -0.494 e. The van der Waals surface area contributed by atoms with E-state index in [1.165, 1.54) is 0 Å². The first-order valence-electron chi connectivity index (χ1n) is 8.42. The van der Waals surface area contributed by atoms with E-state index in [0.29, 0.717) is 24.6 Å². The summed E-state index contributed by atoms with van der Waals surface area (Å²) in [5, 5.41) is 22.6. The molecule has 3 rings (SSSR count). The fourth-order valence-corrected chi connectivity index (χ4v) is 2.94. The number of carbonyl (C=O) groups is 1. The van der Waals surface area contributed by atoms with E-state index in [0.717, 1.165) is 41.0 Å². The van der Waals surface area contributed by atoms with Crippen LogP contribution in [-0.4, -0.2) is 51.0 Å². The number of aryl methyl sites for hydroxylation is 2. The van der Waals surface area contributed by atoms with Gasteiger partial charge in [0.05, 0.1) is 12.6 Å². The first kappa shape index (κ1) is 17.7. The molecule has 0 atom stereocenters. The molecule has 0 saturated heterocycles. The maximum absolute atomic E-state index is 10.4. The zero-order valence-corrected chi connectivity index (χ0v) is 15.0. The summed E-state index contributed by atoms with van der Waals surface area (Å²) in [7, 11) is 1.63. The number of unbranched alkanes of at least 4 members (excludes halogenated alkanes) is 1. The van der Waals surface area contributed by atoms with Crippen molar-refractivity contribution in [1.29, 1.82) is 0 Å². The molecule has 9 nitrogen and oxygen atoms in total. The third-order valence-corrected chi connectivity index (χ3v) is 4.18. The Bertz CT molecular complexity index is 953. The Morgan fingerprint density at radius 3 is 2.73 bits per heavy atom. The second-order valence-electron chi connectivity index (χ2n) is 6.02. The van der Waals surface area contributed by atoms with Gasteiger partial charge in [0, 0.05) is 13.1 Å². The zero-order valence-electron chi connectivity index (χ0n) is 15.0. The molecule has 0 aliphatic heterocycles. The van der Waals surface area contributed by atoms with Gasteiger partial charge in [-0.25, -0.2) is 9.78 Å². The number of hydrogen-bond acceptors (Lipinski definition) is 6. The monoisotopic (exact) mass is 358 g/mol. The largest absolute Gasteiger partial charge is 0.494 e. The molecule has 0 aliphatic carbocycles. The molecule has 2 heterocycles. The molecule has 0 fully saturated rings. The van der Waals surface area contributed by atoms with Crippen molar-refractivity contribution in [3.8, 4) is 5.75 Å². The highest BCUT2D eigenvalue weighted by atomic mass is 16.5. The van der Waals surface area contributed by atoms with E-state index in [2.05, 4.69) is 20.8 Å². The predicted octanol–water partition coefficient (Wildman–Crippen LogP) is 2.36. The number of nitrogens with zero attached hydrogens (tertiary/aromatic N) is 4. The lowest BCUT2D eigenvalue weighted by atomic mass is 10.2. The van der Waals surface area contributed by atoms with Gasteiger partial charge in [-0.1, -0.05) is 6.07 Å². The van der Waals surface area contributed by atoms with Crippen molar-refractivity contribution < 1.29 is 14.6 Å². The van der Waals surface area contributed by atoms with Crippen molar-refractivity contribution in [2.75, 3.05) is 25.5 Å². The molecule has 0 saturated carbocycles. The SMILES string of the molecule is COc1c(C)ccc2c1nc(NCCCCNC(=O)O)c1nnc(C)n12. The summed E-state index contributed by atoms with van der Waals surface area (Å²) in [4.78, 5) is 15.2. The highest BCUT2D eigenvalue weighted by Crippen LogP contribution is 2.31. The van der Waals surface area contributed by atoms with Crippen LogP contribution in [0.15, 0.2) is 12.1 Å². The Labute approximate surface area is 150 Å². The van der Waals surface area contributed by atoms with E-state index in [4.69, 9.17) is 14.8 Å². The fraction of sp³-hybridized carbons (Fsp3) is 0.412. The average molecular weight is 358 g/mol. The third-order valence-electron chi connectivity index (χ3n) is 4.18. The maximum Gasteiger partial charge on any atom is 0.404 e. The van der Waals surface area contributed by atoms with Crippen molar-refractivity contribution in [3.63, 3.8) is 0 Å². The van der Waals surface area contributed by atoms with Gasteiger partial charge >= 0.3 is 6.09 Å². The first-order chi connectivity index (χ1) is 12.5. The van der Waals surface area contributed by atoms with Gasteiger partial charge in [0.15, 0.2) is 5.82 Å². The summed E-state index contributed by atoms with van der Waals surface area (Å²) in [5.41, 5.74) is 3.30. The number of hydrogen-bond donors (Lipinski definition) is 3. The van der Waals surface area contributed by atoms with Gasteiger partial charge in [0.25, 0.3) is 0 Å². The van der Waals surface area contributed by atoms with E-state index in [1.54, 1.807) is 7.11 Å². The van der Waals surface area contributed by atoms with Crippen LogP contribution < -0.4 is 15.4 Å². The maximum atomic E-state index is 10.4. The van der Waals surface area contributed by atoms with Gasteiger partial charge in [0.2, 0.25) is 5.65 Å². The average Bonchev–Trinajstić information content (AvgIpc) is 3.00. The fourth-order valence-electron chi connectivity index (χ4n) is 2.94. The van der Waals surface area contributed by atoms with Crippen LogP contribution in [0.3, 0.4) is 0 Å². The molecule has 2 aromatic heterocycles. The lowest BCUT2D eigenvalue weighted by molar-refractivity contribution is 0.194. The molecule has 0 spiro atoms. The minimum absolute atomic E-state index is 0.425. The smallest absolute Gasteiger partial charge is 0.404 e. The molecule has 0 aliphatic rings. The Balaban J connectivity index is 1.90. The molecule has 1 aromatic carbocycles. The van der Waals surface area contributed by atoms with E-state index in [-0.39, 0.29) is 0 Å². The van der Waals surface area contributed by atoms with Gasteiger partial charge < -0.3 is 20.5 Å². The predicted molar refractivity (Wildman–Crippen MR) is 98.1 cm³/mol. The normalized spacial score (nSPS) is 11.0. The van der Waals surface area contributed by atoms with Crippen LogP contribution in [0.2, 0.25) is 0 Å². The molecule has 0 bridgehead atoms. The van der Waals surface area contributed by atoms with Crippen molar-refractivity contribution in [3.05, 3.63) is 23.5 Å². The molecule has 1 amide bonds. The molecular weight excluding hydrogens is 336 g/mol. The lowest BCUT2D eigenvalue weighted by Crippen LogP contribution is -2.22. The summed E-state index contributed by atoms with van der Waals surface area (Å²) in [6.07, 6.45) is 0.527. The molecule has 138 valence electrons. The molecule has 0 radical (unpaired) electrons. The van der Waals surface area contributed by atoms with Crippen molar-refractivity contribution in [2.24, 2.45) is 0 Å². The number of ether oxygens (including phenoxy) is 1. The Kier molecular flexibility index (Phi) is 5.06. The van der Waals surface area contributed by atoms with E-state index >= 15 is 0 Å². The van der Waals surface area contributed by atoms with Crippen LogP contribution in [0.4, 0.5) is 10.6 Å².